The first-order chi connectivity index (χ1) is 12.4. The predicted molar refractivity (Wildman–Crippen MR) is 104 cm³/mol. The van der Waals surface area contributed by atoms with Crippen molar-refractivity contribution in [3.63, 3.8) is 0 Å². The third kappa shape index (κ3) is 2.30. The van der Waals surface area contributed by atoms with Crippen LogP contribution in [0.2, 0.25) is 0 Å². The molecule has 2 nitrogen and oxygen atoms in total. The highest BCUT2D eigenvalue weighted by molar-refractivity contribution is 5.99. The van der Waals surface area contributed by atoms with Crippen molar-refractivity contribution in [2.75, 3.05) is 11.4 Å². The number of hydrogen-bond acceptors (Lipinski definition) is 2. The Morgan fingerprint density at radius 1 is 0.720 bits per heavy atom. The number of hydrogen-bond donors (Lipinski definition) is 0. The van der Waals surface area contributed by atoms with Gasteiger partial charge in [-0.05, 0) is 35.7 Å². The Morgan fingerprint density at radius 2 is 1.40 bits per heavy atom. The molecule has 1 aliphatic rings. The largest absolute Gasteiger partial charge is 0.326 e. The average molecular weight is 322 g/mol. The number of nitrogens with zero attached hydrogens (tertiary/aromatic N) is 2. The SMILES string of the molecule is c1ccc(-c2c3c(nc4ccccc24)N(c2ccccc2)CC3)cc1. The van der Waals surface area contributed by atoms with Crippen LogP contribution in [0.25, 0.3) is 22.0 Å². The average Bonchev–Trinajstić information content (AvgIpc) is 3.11. The fraction of sp³-hybridized carbons (Fsp3) is 0.0870. The molecule has 0 atom stereocenters. The molecule has 0 amide bonds. The van der Waals surface area contributed by atoms with Gasteiger partial charge in [0, 0.05) is 23.2 Å². The van der Waals surface area contributed by atoms with Gasteiger partial charge in [-0.1, -0.05) is 66.7 Å². The highest BCUT2D eigenvalue weighted by atomic mass is 15.2. The summed E-state index contributed by atoms with van der Waals surface area (Å²) in [6, 6.07) is 29.7. The van der Waals surface area contributed by atoms with E-state index in [-0.39, 0.29) is 0 Å². The summed E-state index contributed by atoms with van der Waals surface area (Å²) in [5.74, 6) is 1.10. The van der Waals surface area contributed by atoms with Crippen LogP contribution in [0.3, 0.4) is 0 Å². The van der Waals surface area contributed by atoms with Gasteiger partial charge in [0.05, 0.1) is 5.52 Å². The standard InChI is InChI=1S/C23H18N2/c1-3-9-17(10-4-1)22-19-13-7-8-14-21(19)24-23-20(22)15-16-25(23)18-11-5-2-6-12-18/h1-14H,15-16H2. The molecule has 0 fully saturated rings. The third-order valence-electron chi connectivity index (χ3n) is 4.94. The Morgan fingerprint density at radius 3 is 2.20 bits per heavy atom. The lowest BCUT2D eigenvalue weighted by atomic mass is 9.95. The van der Waals surface area contributed by atoms with Crippen molar-refractivity contribution in [3.05, 3.63) is 90.5 Å². The van der Waals surface area contributed by atoms with E-state index in [1.54, 1.807) is 0 Å². The van der Waals surface area contributed by atoms with Crippen molar-refractivity contribution in [1.82, 2.24) is 4.98 Å². The van der Waals surface area contributed by atoms with Gasteiger partial charge < -0.3 is 4.90 Å². The van der Waals surface area contributed by atoms with Gasteiger partial charge in [0.2, 0.25) is 0 Å². The first-order valence-corrected chi connectivity index (χ1v) is 8.71. The van der Waals surface area contributed by atoms with E-state index in [1.165, 1.54) is 27.8 Å². The van der Waals surface area contributed by atoms with E-state index < -0.39 is 0 Å². The molecule has 0 N–H and O–H groups in total. The number of pyridine rings is 1. The summed E-state index contributed by atoms with van der Waals surface area (Å²) in [4.78, 5) is 7.37. The summed E-state index contributed by atoms with van der Waals surface area (Å²) in [7, 11) is 0. The zero-order valence-corrected chi connectivity index (χ0v) is 13.9. The molecular weight excluding hydrogens is 304 g/mol. The molecule has 1 aromatic heterocycles. The molecule has 0 saturated heterocycles. The summed E-state index contributed by atoms with van der Waals surface area (Å²) in [5, 5.41) is 1.24. The minimum absolute atomic E-state index is 0.975. The molecule has 5 rings (SSSR count). The summed E-state index contributed by atoms with van der Waals surface area (Å²) in [6.45, 7) is 0.975. The van der Waals surface area contributed by atoms with Crippen LogP contribution >= 0.6 is 0 Å². The van der Waals surface area contributed by atoms with Crippen molar-refractivity contribution in [2.24, 2.45) is 0 Å². The van der Waals surface area contributed by atoms with Crippen molar-refractivity contribution in [3.8, 4) is 11.1 Å². The molecule has 0 bridgehead atoms. The van der Waals surface area contributed by atoms with Crippen LogP contribution in [-0.4, -0.2) is 11.5 Å². The van der Waals surface area contributed by atoms with Gasteiger partial charge in [-0.15, -0.1) is 0 Å². The molecule has 25 heavy (non-hydrogen) atoms. The maximum Gasteiger partial charge on any atom is 0.137 e. The van der Waals surface area contributed by atoms with Crippen molar-refractivity contribution < 1.29 is 0 Å². The Balaban J connectivity index is 1.80. The molecule has 3 aromatic carbocycles. The predicted octanol–water partition coefficient (Wildman–Crippen LogP) is 5.60. The number of rotatable bonds is 2. The molecule has 0 unspecified atom stereocenters. The normalized spacial score (nSPS) is 13.2. The minimum Gasteiger partial charge on any atom is -0.326 e. The van der Waals surface area contributed by atoms with Gasteiger partial charge in [-0.3, -0.25) is 0 Å². The van der Waals surface area contributed by atoms with Gasteiger partial charge in [0.1, 0.15) is 5.82 Å². The summed E-state index contributed by atoms with van der Waals surface area (Å²) < 4.78 is 0. The number of benzene rings is 3. The Hall–Kier alpha value is -3.13. The van der Waals surface area contributed by atoms with E-state index in [0.29, 0.717) is 0 Å². The molecule has 1 aliphatic heterocycles. The smallest absolute Gasteiger partial charge is 0.137 e. The molecule has 0 radical (unpaired) electrons. The lowest BCUT2D eigenvalue weighted by Gasteiger charge is -2.20. The molecular formula is C23H18N2. The van der Waals surface area contributed by atoms with Gasteiger partial charge in [-0.25, -0.2) is 4.98 Å². The second-order valence-corrected chi connectivity index (χ2v) is 6.41. The van der Waals surface area contributed by atoms with Gasteiger partial charge in [-0.2, -0.15) is 0 Å². The van der Waals surface area contributed by atoms with Crippen LogP contribution in [0.1, 0.15) is 5.56 Å². The van der Waals surface area contributed by atoms with Gasteiger partial charge >= 0.3 is 0 Å². The van der Waals surface area contributed by atoms with E-state index in [0.717, 1.165) is 24.3 Å². The van der Waals surface area contributed by atoms with E-state index in [2.05, 4.69) is 89.8 Å². The zero-order valence-electron chi connectivity index (χ0n) is 13.9. The fourth-order valence-corrected chi connectivity index (χ4v) is 3.82. The maximum absolute atomic E-state index is 5.03. The zero-order chi connectivity index (χ0) is 16.6. The van der Waals surface area contributed by atoms with Gasteiger partial charge in [0.25, 0.3) is 0 Å². The molecule has 4 aromatic rings. The van der Waals surface area contributed by atoms with Crippen LogP contribution in [0.4, 0.5) is 11.5 Å². The lowest BCUT2D eigenvalue weighted by molar-refractivity contribution is 0.992. The number of aromatic nitrogens is 1. The van der Waals surface area contributed by atoms with Crippen LogP contribution in [0.5, 0.6) is 0 Å². The fourth-order valence-electron chi connectivity index (χ4n) is 3.82. The second kappa shape index (κ2) is 5.75. The minimum atomic E-state index is 0.975. The van der Waals surface area contributed by atoms with E-state index in [9.17, 15) is 0 Å². The molecule has 2 heteroatoms. The van der Waals surface area contributed by atoms with Crippen LogP contribution in [0.15, 0.2) is 84.9 Å². The molecule has 2 heterocycles. The topological polar surface area (TPSA) is 16.1 Å². The van der Waals surface area contributed by atoms with E-state index >= 15 is 0 Å². The van der Waals surface area contributed by atoms with Crippen molar-refractivity contribution >= 4 is 22.4 Å². The third-order valence-corrected chi connectivity index (χ3v) is 4.94. The lowest BCUT2D eigenvalue weighted by Crippen LogP contribution is -2.14. The quantitative estimate of drug-likeness (QED) is 0.478. The molecule has 0 aliphatic carbocycles. The number of fused-ring (bicyclic) bond motifs is 2. The highest BCUT2D eigenvalue weighted by Crippen LogP contribution is 2.42. The molecule has 0 saturated carbocycles. The van der Waals surface area contributed by atoms with Crippen LogP contribution in [-0.2, 0) is 6.42 Å². The van der Waals surface area contributed by atoms with E-state index in [4.69, 9.17) is 4.98 Å². The number of para-hydroxylation sites is 2. The maximum atomic E-state index is 5.03. The van der Waals surface area contributed by atoms with Crippen LogP contribution < -0.4 is 4.90 Å². The van der Waals surface area contributed by atoms with E-state index in [1.807, 2.05) is 0 Å². The van der Waals surface area contributed by atoms with Crippen molar-refractivity contribution in [1.29, 1.82) is 0 Å². The van der Waals surface area contributed by atoms with Crippen LogP contribution in [0, 0.1) is 0 Å². The van der Waals surface area contributed by atoms with Crippen molar-refractivity contribution in [2.45, 2.75) is 6.42 Å². The first kappa shape index (κ1) is 14.2. The Kier molecular flexibility index (Phi) is 3.27. The highest BCUT2D eigenvalue weighted by Gasteiger charge is 2.26. The Labute approximate surface area is 147 Å². The first-order valence-electron chi connectivity index (χ1n) is 8.71. The number of anilines is 2. The molecule has 120 valence electrons. The molecule has 0 spiro atoms. The monoisotopic (exact) mass is 322 g/mol. The second-order valence-electron chi connectivity index (χ2n) is 6.41. The summed E-state index contributed by atoms with van der Waals surface area (Å²) in [5.41, 5.74) is 6.23. The summed E-state index contributed by atoms with van der Waals surface area (Å²) in [6.07, 6.45) is 1.02. The Bertz CT molecular complexity index is 1040. The summed E-state index contributed by atoms with van der Waals surface area (Å²) >= 11 is 0. The van der Waals surface area contributed by atoms with Gasteiger partial charge in [0.15, 0.2) is 0 Å².